The Labute approximate surface area is 112 Å². The summed E-state index contributed by atoms with van der Waals surface area (Å²) in [7, 11) is 1.67. The molecule has 19 heavy (non-hydrogen) atoms. The van der Waals surface area contributed by atoms with Gasteiger partial charge in [-0.25, -0.2) is 9.48 Å². The van der Waals surface area contributed by atoms with E-state index < -0.39 is 0 Å². The summed E-state index contributed by atoms with van der Waals surface area (Å²) < 4.78 is 2.73. The minimum Gasteiger partial charge on any atom is -0.341 e. The van der Waals surface area contributed by atoms with Gasteiger partial charge in [-0.15, -0.1) is 0 Å². The molecule has 6 nitrogen and oxygen atoms in total. The molecule has 6 heteroatoms. The van der Waals surface area contributed by atoms with Gasteiger partial charge in [-0.1, -0.05) is 6.42 Å². The largest absolute Gasteiger partial charge is 0.346 e. The van der Waals surface area contributed by atoms with Crippen LogP contribution >= 0.6 is 0 Å². The zero-order valence-electron chi connectivity index (χ0n) is 11.5. The van der Waals surface area contributed by atoms with Crippen molar-refractivity contribution in [3.05, 3.63) is 16.3 Å². The van der Waals surface area contributed by atoms with Gasteiger partial charge < -0.3 is 4.90 Å². The molecule has 1 aliphatic carbocycles. The Bertz CT molecular complexity index is 547. The number of nitrogens with zero attached hydrogens (tertiary/aromatic N) is 4. The smallest absolute Gasteiger partial charge is 0.341 e. The number of aryl methyl sites for hydroxylation is 1. The van der Waals surface area contributed by atoms with Crippen LogP contribution in [0, 0.1) is 18.8 Å². The number of carbonyl (C=O) groups is 1. The fraction of sp³-hybridized carbons (Fsp3) is 0.769. The first-order chi connectivity index (χ1) is 9.06. The first kappa shape index (κ1) is 12.4. The molecule has 0 N–H and O–H groups in total. The second-order valence-electron chi connectivity index (χ2n) is 5.80. The molecule has 0 spiro atoms. The van der Waals surface area contributed by atoms with Crippen LogP contribution in [0.4, 0.5) is 0 Å². The maximum atomic E-state index is 12.2. The highest BCUT2D eigenvalue weighted by Gasteiger charge is 2.38. The third-order valence-corrected chi connectivity index (χ3v) is 4.62. The van der Waals surface area contributed by atoms with E-state index in [0.717, 1.165) is 13.1 Å². The van der Waals surface area contributed by atoms with Gasteiger partial charge in [-0.05, 0) is 31.6 Å². The third kappa shape index (κ3) is 2.09. The second-order valence-corrected chi connectivity index (χ2v) is 5.80. The molecule has 1 aromatic rings. The van der Waals surface area contributed by atoms with Gasteiger partial charge in [0.25, 0.3) is 0 Å². The molecule has 3 rings (SSSR count). The van der Waals surface area contributed by atoms with Crippen molar-refractivity contribution in [2.75, 3.05) is 13.1 Å². The summed E-state index contributed by atoms with van der Waals surface area (Å²) in [4.78, 5) is 26.0. The van der Waals surface area contributed by atoms with Gasteiger partial charge >= 0.3 is 5.69 Å². The molecule has 1 saturated carbocycles. The van der Waals surface area contributed by atoms with Gasteiger partial charge in [-0.3, -0.25) is 9.36 Å². The summed E-state index contributed by atoms with van der Waals surface area (Å²) >= 11 is 0. The molecule has 1 saturated heterocycles. The van der Waals surface area contributed by atoms with Gasteiger partial charge in [0, 0.05) is 20.1 Å². The summed E-state index contributed by atoms with van der Waals surface area (Å²) in [5, 5.41) is 4.11. The summed E-state index contributed by atoms with van der Waals surface area (Å²) in [6, 6.07) is 0. The normalized spacial score (nSPS) is 25.9. The molecule has 104 valence electrons. The number of aromatic nitrogens is 3. The van der Waals surface area contributed by atoms with Crippen LogP contribution in [0.2, 0.25) is 0 Å². The maximum absolute atomic E-state index is 12.2. The minimum atomic E-state index is -0.217. The fourth-order valence-electron chi connectivity index (χ4n) is 3.37. The van der Waals surface area contributed by atoms with Crippen molar-refractivity contribution in [3.63, 3.8) is 0 Å². The van der Waals surface area contributed by atoms with Gasteiger partial charge in [0.2, 0.25) is 5.91 Å². The van der Waals surface area contributed by atoms with Crippen molar-refractivity contribution in [1.29, 1.82) is 0 Å². The van der Waals surface area contributed by atoms with Crippen LogP contribution in [0.25, 0.3) is 0 Å². The molecule has 2 fully saturated rings. The molecule has 2 heterocycles. The highest BCUT2D eigenvalue weighted by Crippen LogP contribution is 2.37. The molecule has 1 amide bonds. The van der Waals surface area contributed by atoms with Crippen LogP contribution in [0.15, 0.2) is 4.79 Å². The van der Waals surface area contributed by atoms with E-state index in [1.807, 2.05) is 4.90 Å². The molecule has 2 aliphatic rings. The standard InChI is InChI=1S/C13H20N4O2/c1-9-14-17(13(19)15(9)2)8-12(18)16-6-10-4-3-5-11(10)7-16/h10-11H,3-8H2,1-2H3/t10-,11+. The van der Waals surface area contributed by atoms with E-state index >= 15 is 0 Å². The van der Waals surface area contributed by atoms with Crippen molar-refractivity contribution < 1.29 is 4.79 Å². The van der Waals surface area contributed by atoms with E-state index in [0.29, 0.717) is 17.7 Å². The second kappa shape index (κ2) is 4.51. The van der Waals surface area contributed by atoms with Gasteiger partial charge in [0.1, 0.15) is 12.4 Å². The van der Waals surface area contributed by atoms with E-state index in [1.54, 1.807) is 14.0 Å². The van der Waals surface area contributed by atoms with Crippen molar-refractivity contribution >= 4 is 5.91 Å². The van der Waals surface area contributed by atoms with Gasteiger partial charge in [-0.2, -0.15) is 5.10 Å². The SMILES string of the molecule is Cc1nn(CC(=O)N2C[C@H]3CCC[C@H]3C2)c(=O)n1C. The number of rotatable bonds is 2. The predicted molar refractivity (Wildman–Crippen MR) is 69.6 cm³/mol. The van der Waals surface area contributed by atoms with Gasteiger partial charge in [0.15, 0.2) is 0 Å². The Hall–Kier alpha value is -1.59. The zero-order valence-corrected chi connectivity index (χ0v) is 11.5. The third-order valence-electron chi connectivity index (χ3n) is 4.62. The highest BCUT2D eigenvalue weighted by molar-refractivity contribution is 5.76. The number of carbonyl (C=O) groups excluding carboxylic acids is 1. The Kier molecular flexibility index (Phi) is 2.95. The van der Waals surface area contributed by atoms with E-state index in [4.69, 9.17) is 0 Å². The average molecular weight is 264 g/mol. The van der Waals surface area contributed by atoms with Crippen molar-refractivity contribution in [2.45, 2.75) is 32.7 Å². The van der Waals surface area contributed by atoms with E-state index in [1.165, 1.54) is 28.5 Å². The van der Waals surface area contributed by atoms with E-state index in [9.17, 15) is 9.59 Å². The minimum absolute atomic E-state index is 0.0228. The molecule has 0 unspecified atom stereocenters. The van der Waals surface area contributed by atoms with Crippen LogP contribution in [-0.2, 0) is 18.4 Å². The highest BCUT2D eigenvalue weighted by atomic mass is 16.2. The van der Waals surface area contributed by atoms with Crippen molar-refractivity contribution in [1.82, 2.24) is 19.2 Å². The monoisotopic (exact) mass is 264 g/mol. The lowest BCUT2D eigenvalue weighted by Gasteiger charge is -2.16. The van der Waals surface area contributed by atoms with E-state index in [2.05, 4.69) is 5.10 Å². The molecule has 1 aromatic heterocycles. The Morgan fingerprint density at radius 1 is 1.32 bits per heavy atom. The molecule has 1 aliphatic heterocycles. The Morgan fingerprint density at radius 2 is 1.95 bits per heavy atom. The molecular weight excluding hydrogens is 244 g/mol. The fourth-order valence-corrected chi connectivity index (χ4v) is 3.37. The lowest BCUT2D eigenvalue weighted by atomic mass is 10.0. The summed E-state index contributed by atoms with van der Waals surface area (Å²) in [5.74, 6) is 2.03. The van der Waals surface area contributed by atoms with Crippen LogP contribution < -0.4 is 5.69 Å². The van der Waals surface area contributed by atoms with Crippen LogP contribution in [0.5, 0.6) is 0 Å². The Morgan fingerprint density at radius 3 is 2.47 bits per heavy atom. The van der Waals surface area contributed by atoms with E-state index in [-0.39, 0.29) is 18.1 Å². The van der Waals surface area contributed by atoms with Crippen molar-refractivity contribution in [3.8, 4) is 0 Å². The first-order valence-electron chi connectivity index (χ1n) is 6.94. The number of hydrogen-bond acceptors (Lipinski definition) is 3. The molecule has 2 atom stereocenters. The van der Waals surface area contributed by atoms with Gasteiger partial charge in [0.05, 0.1) is 0 Å². The maximum Gasteiger partial charge on any atom is 0.346 e. The lowest BCUT2D eigenvalue weighted by Crippen LogP contribution is -2.36. The number of likely N-dealkylation sites (tertiary alicyclic amines) is 1. The summed E-state index contributed by atoms with van der Waals surface area (Å²) in [5.41, 5.74) is -0.217. The summed E-state index contributed by atoms with van der Waals surface area (Å²) in [6.45, 7) is 3.57. The summed E-state index contributed by atoms with van der Waals surface area (Å²) in [6.07, 6.45) is 3.80. The van der Waals surface area contributed by atoms with Crippen LogP contribution in [0.3, 0.4) is 0 Å². The number of fused-ring (bicyclic) bond motifs is 1. The predicted octanol–water partition coefficient (Wildman–Crippen LogP) is 0.149. The topological polar surface area (TPSA) is 60.1 Å². The average Bonchev–Trinajstić information content (AvgIpc) is 3.00. The molecule has 0 radical (unpaired) electrons. The number of amides is 1. The van der Waals surface area contributed by atoms with Crippen LogP contribution in [-0.4, -0.2) is 38.2 Å². The number of hydrogen-bond donors (Lipinski definition) is 0. The van der Waals surface area contributed by atoms with Crippen molar-refractivity contribution in [2.24, 2.45) is 18.9 Å². The molecule has 0 aromatic carbocycles. The molecular formula is C13H20N4O2. The molecule has 0 bridgehead atoms. The Balaban J connectivity index is 1.69. The zero-order chi connectivity index (χ0) is 13.6. The quantitative estimate of drug-likeness (QED) is 0.764. The van der Waals surface area contributed by atoms with Crippen LogP contribution in [0.1, 0.15) is 25.1 Å². The lowest BCUT2D eigenvalue weighted by molar-refractivity contribution is -0.131. The first-order valence-corrected chi connectivity index (χ1v) is 6.94.